The van der Waals surface area contributed by atoms with Crippen LogP contribution in [0.3, 0.4) is 0 Å². The number of para-hydroxylation sites is 1. The number of nitrogens with one attached hydrogen (secondary N) is 8. The van der Waals surface area contributed by atoms with E-state index >= 15 is 0 Å². The van der Waals surface area contributed by atoms with E-state index in [4.69, 9.17) is 88.4 Å². The molecule has 1 saturated heterocycles. The van der Waals surface area contributed by atoms with E-state index in [2.05, 4.69) is 49.3 Å². The number of aliphatic hydroxyl groups excluding tert-OH is 1. The number of primary amides is 2. The van der Waals surface area contributed by atoms with Crippen molar-refractivity contribution in [1.29, 1.82) is 5.53 Å². The molecule has 3 aromatic rings. The molecule has 0 aromatic heterocycles. The second-order valence-corrected chi connectivity index (χ2v) is 39.6. The number of nitrogens with two attached hydrogens (primary N) is 2. The highest BCUT2D eigenvalue weighted by Gasteiger charge is 2.76. The standard InChI is InChI=1S/C102H150N13O28P/c1-6-15-92-142-86-63-79-78-31-26-74-62-77(116)36-38-100(74,4)93(78)83(117)64-101(79,5)102(86,143-92)85(118)65-109-99(127)141-67-70-22-27-75(28-23-70)110-88(120)21-12-14-42-114(98(104)126)76-29-32-80(106-40-44-132-47-50-135-54-55-137-56-57-138-58-59-139-60-61-144(128,129)130)95(113-105)84(33-30-76)140-68-90(122)107-39-13-11-19-81(97(125)112-94(69(2)3)96(103)124)111-89(121)37-43-131-46-49-134-52-53-136-51-48-133-45-41-108-87(119)34-35-91(123)115-66-73-18-8-7-16-71(73)24-25-72-17-9-10-20-82(72)115/h7-10,16-18,20,22-25,27-28,36,38,62,69,76,78-79,81,83-84,86,92-94,105-106,117H,6,11-15,19,21,26,29-35,37,39-61,63-68H2,1-5H3,(H2,103,124)(H2,104,126)(H,107,122)(H,108,119)(H,109,127)(H,110,120)(H,111,121)(H,112,125)(H2,128,129,130)/b25-24-,95-80-,113-105?/t76?,78-,79?,81+,83-,84?,86+,92?,93?,94-,100-,101-,102+/m0/s1. The normalized spacial score (nSPS) is 23.2. The number of carbonyl (C=O) groups is 11. The van der Waals surface area contributed by atoms with E-state index in [1.54, 1.807) is 60.1 Å². The smallest absolute Gasteiger partial charge is 0.407 e. The van der Waals surface area contributed by atoms with Gasteiger partial charge in [0.1, 0.15) is 37.1 Å². The molecule has 5 unspecified atom stereocenters. The predicted molar refractivity (Wildman–Crippen MR) is 530 cm³/mol. The van der Waals surface area contributed by atoms with Crippen molar-refractivity contribution in [3.63, 3.8) is 0 Å². The van der Waals surface area contributed by atoms with Crippen LogP contribution >= 0.6 is 7.60 Å². The van der Waals surface area contributed by atoms with E-state index in [1.807, 2.05) is 80.6 Å². The van der Waals surface area contributed by atoms with Gasteiger partial charge in [0.05, 0.1) is 156 Å². The van der Waals surface area contributed by atoms with Gasteiger partial charge in [0.15, 0.2) is 23.5 Å². The number of carbonyl (C=O) groups excluding carboxylic acids is 11. The number of alkyl carbamates (subject to hydrolysis) is 1. The first kappa shape index (κ1) is 116. The third kappa shape index (κ3) is 35.3. The van der Waals surface area contributed by atoms with E-state index in [1.165, 1.54) is 0 Å². The Labute approximate surface area is 842 Å². The predicted octanol–water partition coefficient (Wildman–Crippen LogP) is 8.03. The molecule has 0 bridgehead atoms. The van der Waals surface area contributed by atoms with Crippen LogP contribution in [0.4, 0.5) is 21.0 Å². The van der Waals surface area contributed by atoms with E-state index in [-0.39, 0.29) is 255 Å². The number of unbranched alkanes of at least 4 members (excludes halogenated alkanes) is 2. The Hall–Kier alpha value is -10.2. The fraction of sp³-hybridized carbons (Fsp3) is 0.637. The van der Waals surface area contributed by atoms with E-state index in [0.29, 0.717) is 94.5 Å². The minimum absolute atomic E-state index is 0.00417. The number of hydrogen-bond acceptors (Lipinski definition) is 29. The summed E-state index contributed by atoms with van der Waals surface area (Å²) in [6.07, 6.45) is 11.6. The Morgan fingerprint density at radius 2 is 1.29 bits per heavy atom. The number of rotatable bonds is 65. The number of benzene rings is 3. The molecule has 5 aliphatic carbocycles. The molecular weight excluding hydrogens is 1890 g/mol. The molecular formula is C102H150N13O28P. The first-order chi connectivity index (χ1) is 69.3. The number of aliphatic hydroxyl groups is 1. The fourth-order valence-corrected chi connectivity index (χ4v) is 20.6. The highest BCUT2D eigenvalue weighted by Crippen LogP contribution is 2.70. The number of nitrogens with zero attached hydrogens (tertiary/aromatic N) is 3. The second kappa shape index (κ2) is 59.6. The van der Waals surface area contributed by atoms with Gasteiger partial charge in [-0.15, -0.1) is 0 Å². The number of Topliss-reactive ketones (excluding diaryl/α,β-unsaturated/α-hetero) is 1. The van der Waals surface area contributed by atoms with Crippen LogP contribution in [0.5, 0.6) is 0 Å². The monoisotopic (exact) mass is 2040 g/mol. The van der Waals surface area contributed by atoms with Crippen molar-refractivity contribution < 1.29 is 134 Å². The summed E-state index contributed by atoms with van der Waals surface area (Å²) < 4.78 is 86.3. The molecule has 2 aliphatic heterocycles. The Bertz CT molecular complexity index is 4890. The molecule has 144 heavy (non-hydrogen) atoms. The van der Waals surface area contributed by atoms with Crippen molar-refractivity contribution in [2.24, 2.45) is 51.1 Å². The molecule has 13 atom stereocenters. The van der Waals surface area contributed by atoms with Crippen LogP contribution in [0.15, 0.2) is 113 Å². The molecule has 4 fully saturated rings. The maximum atomic E-state index is 14.8. The van der Waals surface area contributed by atoms with Gasteiger partial charge in [0, 0.05) is 86.0 Å². The third-order valence-corrected chi connectivity index (χ3v) is 28.3. The average molecular weight is 2040 g/mol. The van der Waals surface area contributed by atoms with Crippen LogP contribution < -0.4 is 53.6 Å². The van der Waals surface area contributed by atoms with Gasteiger partial charge in [0.25, 0.3) is 0 Å². The number of ether oxygens (including phenoxy) is 13. The minimum atomic E-state index is -4.13. The maximum absolute atomic E-state index is 14.8. The number of amides is 10. The zero-order valence-electron chi connectivity index (χ0n) is 83.7. The highest BCUT2D eigenvalue weighted by molar-refractivity contribution is 7.51. The Morgan fingerprint density at radius 1 is 0.660 bits per heavy atom. The number of ketones is 2. The molecule has 10 amide bonds. The van der Waals surface area contributed by atoms with E-state index in [9.17, 15) is 62.4 Å². The number of hydrogen-bond donors (Lipinski definition) is 13. The van der Waals surface area contributed by atoms with Gasteiger partial charge in [-0.1, -0.05) is 119 Å². The Morgan fingerprint density at radius 3 is 1.94 bits per heavy atom. The van der Waals surface area contributed by atoms with Gasteiger partial charge >= 0.3 is 19.7 Å². The molecule has 10 rings (SSSR count). The Balaban J connectivity index is 0.625. The van der Waals surface area contributed by atoms with Crippen LogP contribution in [0.1, 0.15) is 179 Å². The van der Waals surface area contributed by atoms with Crippen molar-refractivity contribution in [2.75, 3.05) is 175 Å². The number of urea groups is 1. The lowest BCUT2D eigenvalue weighted by Crippen LogP contribution is -2.64. The zero-order valence-corrected chi connectivity index (χ0v) is 84.6. The van der Waals surface area contributed by atoms with Crippen LogP contribution in [0.2, 0.25) is 0 Å². The summed E-state index contributed by atoms with van der Waals surface area (Å²) in [6, 6.07) is 19.1. The summed E-state index contributed by atoms with van der Waals surface area (Å²) in [7, 11) is -4.13. The zero-order chi connectivity index (χ0) is 103. The highest BCUT2D eigenvalue weighted by atomic mass is 31.2. The molecule has 7 aliphatic rings. The third-order valence-electron chi connectivity index (χ3n) is 27.5. The molecule has 2 heterocycles. The first-order valence-electron chi connectivity index (χ1n) is 50.5. The molecule has 0 spiro atoms. The van der Waals surface area contributed by atoms with Crippen LogP contribution in [0, 0.1) is 40.0 Å². The van der Waals surface area contributed by atoms with Crippen molar-refractivity contribution in [1.82, 2.24) is 36.8 Å². The van der Waals surface area contributed by atoms with Crippen molar-refractivity contribution >= 4 is 96.2 Å². The van der Waals surface area contributed by atoms with Crippen LogP contribution in [0.25, 0.3) is 12.2 Å². The van der Waals surface area contributed by atoms with Crippen molar-refractivity contribution in [3.05, 3.63) is 130 Å². The molecule has 796 valence electrons. The summed E-state index contributed by atoms with van der Waals surface area (Å²) in [4.78, 5) is 168. The molecule has 42 heteroatoms. The van der Waals surface area contributed by atoms with Gasteiger partial charge in [-0.2, -0.15) is 5.11 Å². The maximum Gasteiger partial charge on any atom is 0.407 e. The summed E-state index contributed by atoms with van der Waals surface area (Å²) in [5, 5.41) is 36.1. The summed E-state index contributed by atoms with van der Waals surface area (Å²) in [5.41, 5.74) is 24.0. The lowest BCUT2D eigenvalue weighted by Gasteiger charge is -2.59. The second-order valence-electron chi connectivity index (χ2n) is 37.9. The van der Waals surface area contributed by atoms with Crippen molar-refractivity contribution in [2.45, 2.75) is 218 Å². The minimum Gasteiger partial charge on any atom is -0.445 e. The summed E-state index contributed by atoms with van der Waals surface area (Å²) >= 11 is 0. The lowest BCUT2D eigenvalue weighted by atomic mass is 9.46. The lowest BCUT2D eigenvalue weighted by molar-refractivity contribution is -0.198. The van der Waals surface area contributed by atoms with E-state index in [0.717, 1.165) is 40.8 Å². The summed E-state index contributed by atoms with van der Waals surface area (Å²) in [5.74, 6) is -4.04. The molecule has 15 N–H and O–H groups in total. The largest absolute Gasteiger partial charge is 0.445 e. The number of anilines is 2. The number of fused-ring (bicyclic) bond motifs is 9. The SMILES string of the molecule is CCCC1O[C@@H]2CC3[C@@H]4CCC5=CC(=O)C=C[C@]5(C)C4[C@@H](O)C[C@]3(C)[C@]2(C(=O)CNC(=O)OCc2ccc(NC(=O)CCCCN(C(N)=O)C3CC/C(NCCOCCOCCOCCOCCOCCP(=O)(O)O)=C(/N=N)C(OCC(=O)NCCCC[C@@H](NC(=O)CCOCCOCCOCCOCCNC(=O)CCC(=O)N4Cc5ccccc5/C=C\c5ccccc54)C(=O)N[C@H](C(N)=O)C(C)C)CC3)cc2)O1. The molecule has 41 nitrogen and oxygen atoms in total. The fourth-order valence-electron chi connectivity index (χ4n) is 20.2. The van der Waals surface area contributed by atoms with Gasteiger partial charge in [0.2, 0.25) is 41.4 Å². The quantitative estimate of drug-likeness (QED) is 0.0144. The van der Waals surface area contributed by atoms with Gasteiger partial charge < -0.3 is 135 Å². The number of allylic oxidation sites excluding steroid dienone is 5. The van der Waals surface area contributed by atoms with Gasteiger partial charge in [-0.3, -0.25) is 47.7 Å². The molecule has 3 aromatic carbocycles. The summed E-state index contributed by atoms with van der Waals surface area (Å²) in [6.45, 7) is 13.7. The van der Waals surface area contributed by atoms with E-state index < -0.39 is 116 Å². The average Bonchev–Trinajstić information content (AvgIpc) is 1.51. The topological polar surface area (TPSA) is 564 Å². The molecule has 0 radical (unpaired) electrons. The molecule has 3 saturated carbocycles. The van der Waals surface area contributed by atoms with Crippen LogP contribution in [-0.2, 0) is 122 Å². The van der Waals surface area contributed by atoms with Gasteiger partial charge in [-0.25, -0.2) is 15.1 Å². The first-order valence-corrected chi connectivity index (χ1v) is 52.3. The van der Waals surface area contributed by atoms with Crippen LogP contribution in [-0.4, -0.2) is 298 Å². The van der Waals surface area contributed by atoms with Gasteiger partial charge in [-0.05, 0) is 160 Å². The Kier molecular flexibility index (Phi) is 47.9. The van der Waals surface area contributed by atoms with Crippen molar-refractivity contribution in [3.8, 4) is 0 Å².